The molecule has 0 heterocycles. The second kappa shape index (κ2) is 6.85. The molecule has 0 unspecified atom stereocenters. The monoisotopic (exact) mass is 299 g/mol. The Labute approximate surface area is 120 Å². The standard InChI is InChI=1S/C14H21NO4S/c1-4-10(2)12-5-7-13(8-6-12)20(18,19)15-9-11(3)14(16)17/h5-8,10-11,15H,4,9H2,1-3H3,(H,16,17)/t10-,11+/m0/s1. The van der Waals surface area contributed by atoms with Crippen LogP contribution in [-0.2, 0) is 14.8 Å². The van der Waals surface area contributed by atoms with Gasteiger partial charge >= 0.3 is 5.97 Å². The number of nitrogens with one attached hydrogen (secondary N) is 1. The van der Waals surface area contributed by atoms with Crippen LogP contribution >= 0.6 is 0 Å². The van der Waals surface area contributed by atoms with Crippen molar-refractivity contribution in [2.24, 2.45) is 5.92 Å². The maximum absolute atomic E-state index is 12.0. The first kappa shape index (κ1) is 16.7. The molecule has 1 rings (SSSR count). The van der Waals surface area contributed by atoms with E-state index in [0.29, 0.717) is 5.92 Å². The molecule has 5 nitrogen and oxygen atoms in total. The van der Waals surface area contributed by atoms with E-state index in [-0.39, 0.29) is 11.4 Å². The average Bonchev–Trinajstić information content (AvgIpc) is 2.44. The molecular formula is C14H21NO4S. The van der Waals surface area contributed by atoms with Crippen LogP contribution in [0.25, 0.3) is 0 Å². The number of carboxylic acids is 1. The van der Waals surface area contributed by atoms with Gasteiger partial charge in [0.15, 0.2) is 0 Å². The summed E-state index contributed by atoms with van der Waals surface area (Å²) < 4.78 is 26.3. The Morgan fingerprint density at radius 1 is 1.25 bits per heavy atom. The van der Waals surface area contributed by atoms with Gasteiger partial charge in [-0.15, -0.1) is 0 Å². The quantitative estimate of drug-likeness (QED) is 0.808. The van der Waals surface area contributed by atoms with Crippen molar-refractivity contribution in [1.82, 2.24) is 4.72 Å². The molecule has 0 amide bonds. The van der Waals surface area contributed by atoms with Crippen molar-refractivity contribution >= 4 is 16.0 Å². The molecule has 2 N–H and O–H groups in total. The highest BCUT2D eigenvalue weighted by Crippen LogP contribution is 2.20. The van der Waals surface area contributed by atoms with Crippen molar-refractivity contribution in [2.75, 3.05) is 6.54 Å². The molecule has 0 aliphatic carbocycles. The zero-order chi connectivity index (χ0) is 15.3. The molecule has 0 aromatic heterocycles. The SMILES string of the molecule is CC[C@H](C)c1ccc(S(=O)(=O)NC[C@@H](C)C(=O)O)cc1. The Kier molecular flexibility index (Phi) is 5.71. The zero-order valence-electron chi connectivity index (χ0n) is 12.0. The molecule has 0 spiro atoms. The van der Waals surface area contributed by atoms with Gasteiger partial charge < -0.3 is 5.11 Å². The van der Waals surface area contributed by atoms with Crippen molar-refractivity contribution < 1.29 is 18.3 Å². The van der Waals surface area contributed by atoms with E-state index in [1.807, 2.05) is 0 Å². The highest BCUT2D eigenvalue weighted by atomic mass is 32.2. The normalized spacial score (nSPS) is 14.8. The van der Waals surface area contributed by atoms with E-state index < -0.39 is 21.9 Å². The van der Waals surface area contributed by atoms with E-state index in [0.717, 1.165) is 12.0 Å². The van der Waals surface area contributed by atoms with Crippen LogP contribution in [0.5, 0.6) is 0 Å². The second-order valence-electron chi connectivity index (χ2n) is 4.97. The lowest BCUT2D eigenvalue weighted by Gasteiger charge is -2.12. The Balaban J connectivity index is 2.80. The summed E-state index contributed by atoms with van der Waals surface area (Å²) in [4.78, 5) is 10.8. The van der Waals surface area contributed by atoms with Gasteiger partial charge in [-0.05, 0) is 30.0 Å². The Hall–Kier alpha value is -1.40. The van der Waals surface area contributed by atoms with Crippen LogP contribution in [0.3, 0.4) is 0 Å². The highest BCUT2D eigenvalue weighted by molar-refractivity contribution is 7.89. The lowest BCUT2D eigenvalue weighted by molar-refractivity contribution is -0.140. The van der Waals surface area contributed by atoms with Gasteiger partial charge in [0, 0.05) is 6.54 Å². The van der Waals surface area contributed by atoms with Crippen LogP contribution in [0, 0.1) is 5.92 Å². The Bertz CT molecular complexity index is 551. The first-order chi connectivity index (χ1) is 9.27. The summed E-state index contributed by atoms with van der Waals surface area (Å²) in [6.07, 6.45) is 0.987. The van der Waals surface area contributed by atoms with Crippen molar-refractivity contribution in [3.63, 3.8) is 0 Å². The summed E-state index contributed by atoms with van der Waals surface area (Å²) >= 11 is 0. The third kappa shape index (κ3) is 4.31. The molecule has 2 atom stereocenters. The minimum atomic E-state index is -3.65. The third-order valence-electron chi connectivity index (χ3n) is 3.37. The zero-order valence-corrected chi connectivity index (χ0v) is 12.8. The van der Waals surface area contributed by atoms with E-state index in [9.17, 15) is 13.2 Å². The number of rotatable bonds is 7. The van der Waals surface area contributed by atoms with Gasteiger partial charge in [0.1, 0.15) is 0 Å². The molecule has 20 heavy (non-hydrogen) atoms. The predicted octanol–water partition coefficient (Wildman–Crippen LogP) is 2.20. The van der Waals surface area contributed by atoms with E-state index in [2.05, 4.69) is 18.6 Å². The van der Waals surface area contributed by atoms with E-state index >= 15 is 0 Å². The number of benzene rings is 1. The molecular weight excluding hydrogens is 278 g/mol. The first-order valence-corrected chi connectivity index (χ1v) is 8.08. The van der Waals surface area contributed by atoms with E-state index in [4.69, 9.17) is 5.11 Å². The Morgan fingerprint density at radius 2 is 1.80 bits per heavy atom. The summed E-state index contributed by atoms with van der Waals surface area (Å²) in [5, 5.41) is 8.74. The number of hydrogen-bond acceptors (Lipinski definition) is 3. The molecule has 1 aromatic carbocycles. The van der Waals surface area contributed by atoms with Gasteiger partial charge in [-0.25, -0.2) is 13.1 Å². The van der Waals surface area contributed by atoms with Gasteiger partial charge in [-0.1, -0.05) is 32.9 Å². The van der Waals surface area contributed by atoms with Crippen LogP contribution in [0.1, 0.15) is 38.7 Å². The summed E-state index contributed by atoms with van der Waals surface area (Å²) in [6, 6.07) is 6.69. The van der Waals surface area contributed by atoms with Crippen LogP contribution in [-0.4, -0.2) is 26.0 Å². The van der Waals surface area contributed by atoms with Gasteiger partial charge in [0.05, 0.1) is 10.8 Å². The average molecular weight is 299 g/mol. The van der Waals surface area contributed by atoms with Gasteiger partial charge in [0.25, 0.3) is 0 Å². The molecule has 6 heteroatoms. The minimum absolute atomic E-state index is 0.120. The largest absolute Gasteiger partial charge is 0.481 e. The van der Waals surface area contributed by atoms with E-state index in [1.54, 1.807) is 24.3 Å². The molecule has 0 bridgehead atoms. The second-order valence-corrected chi connectivity index (χ2v) is 6.74. The smallest absolute Gasteiger partial charge is 0.307 e. The van der Waals surface area contributed by atoms with Crippen molar-refractivity contribution in [2.45, 2.75) is 38.0 Å². The Morgan fingerprint density at radius 3 is 2.25 bits per heavy atom. The van der Waals surface area contributed by atoms with E-state index in [1.165, 1.54) is 6.92 Å². The van der Waals surface area contributed by atoms with Crippen molar-refractivity contribution in [1.29, 1.82) is 0 Å². The lowest BCUT2D eigenvalue weighted by atomic mass is 9.99. The number of carbonyl (C=O) groups is 1. The molecule has 0 saturated heterocycles. The molecule has 112 valence electrons. The van der Waals surface area contributed by atoms with Gasteiger partial charge in [-0.2, -0.15) is 0 Å². The molecule has 0 aliphatic heterocycles. The first-order valence-electron chi connectivity index (χ1n) is 6.60. The number of sulfonamides is 1. The fourth-order valence-electron chi connectivity index (χ4n) is 1.62. The van der Waals surface area contributed by atoms with Crippen LogP contribution < -0.4 is 4.72 Å². The van der Waals surface area contributed by atoms with Crippen LogP contribution in [0.4, 0.5) is 0 Å². The highest BCUT2D eigenvalue weighted by Gasteiger charge is 2.18. The lowest BCUT2D eigenvalue weighted by Crippen LogP contribution is -2.31. The van der Waals surface area contributed by atoms with Crippen molar-refractivity contribution in [3.8, 4) is 0 Å². The molecule has 0 aliphatic rings. The molecule has 0 saturated carbocycles. The number of carboxylic acid groups (broad SMARTS) is 1. The van der Waals surface area contributed by atoms with Gasteiger partial charge in [0.2, 0.25) is 10.0 Å². The summed E-state index contributed by atoms with van der Waals surface area (Å²) in [7, 11) is -3.65. The van der Waals surface area contributed by atoms with Crippen molar-refractivity contribution in [3.05, 3.63) is 29.8 Å². The predicted molar refractivity (Wildman–Crippen MR) is 77.1 cm³/mol. The maximum Gasteiger partial charge on any atom is 0.307 e. The molecule has 0 radical (unpaired) electrons. The topological polar surface area (TPSA) is 83.5 Å². The number of aliphatic carboxylic acids is 1. The third-order valence-corrected chi connectivity index (χ3v) is 4.81. The fourth-order valence-corrected chi connectivity index (χ4v) is 2.75. The molecule has 1 aromatic rings. The summed E-state index contributed by atoms with van der Waals surface area (Å²) in [6.45, 7) is 5.49. The van der Waals surface area contributed by atoms with Crippen LogP contribution in [0.2, 0.25) is 0 Å². The summed E-state index contributed by atoms with van der Waals surface area (Å²) in [5.41, 5.74) is 1.09. The number of hydrogen-bond donors (Lipinski definition) is 2. The fraction of sp³-hybridized carbons (Fsp3) is 0.500. The van der Waals surface area contributed by atoms with Crippen LogP contribution in [0.15, 0.2) is 29.2 Å². The maximum atomic E-state index is 12.0. The molecule has 0 fully saturated rings. The summed E-state index contributed by atoms with van der Waals surface area (Å²) in [5.74, 6) is -1.41. The van der Waals surface area contributed by atoms with Gasteiger partial charge in [-0.3, -0.25) is 4.79 Å². The minimum Gasteiger partial charge on any atom is -0.481 e.